The van der Waals surface area contributed by atoms with E-state index in [0.717, 1.165) is 5.56 Å². The quantitative estimate of drug-likeness (QED) is 0.722. The number of rotatable bonds is 1. The molecule has 19 heavy (non-hydrogen) atoms. The molecule has 3 rings (SSSR count). The van der Waals surface area contributed by atoms with Gasteiger partial charge in [-0.05, 0) is 24.1 Å². The van der Waals surface area contributed by atoms with Crippen LogP contribution in [0, 0.1) is 6.92 Å². The first-order chi connectivity index (χ1) is 9.13. The number of hydrogen-bond donors (Lipinski definition) is 1. The van der Waals surface area contributed by atoms with Crippen molar-refractivity contribution in [3.63, 3.8) is 0 Å². The molecule has 0 aromatic heterocycles. The van der Waals surface area contributed by atoms with Crippen LogP contribution in [0.4, 0.5) is 0 Å². The second kappa shape index (κ2) is 4.14. The summed E-state index contributed by atoms with van der Waals surface area (Å²) in [6, 6.07) is 10.3. The number of hydrogen-bond acceptors (Lipinski definition) is 3. The number of aliphatic hydroxyl groups excluding tert-OH is 1. The van der Waals surface area contributed by atoms with Gasteiger partial charge in [-0.1, -0.05) is 30.3 Å². The average Bonchev–Trinajstić information content (AvgIpc) is 2.43. The first-order valence-corrected chi connectivity index (χ1v) is 6.06. The van der Waals surface area contributed by atoms with Crippen molar-refractivity contribution in [2.75, 3.05) is 0 Å². The van der Waals surface area contributed by atoms with Crippen LogP contribution < -0.4 is 0 Å². The monoisotopic (exact) mass is 252 g/mol. The Morgan fingerprint density at radius 3 is 2.21 bits per heavy atom. The molecule has 0 aliphatic heterocycles. The summed E-state index contributed by atoms with van der Waals surface area (Å²) in [5, 5.41) is 9.41. The second-order valence-corrected chi connectivity index (χ2v) is 4.71. The van der Waals surface area contributed by atoms with Gasteiger partial charge in [-0.15, -0.1) is 0 Å². The summed E-state index contributed by atoms with van der Waals surface area (Å²) in [6.07, 6.45) is 0. The minimum Gasteiger partial charge on any atom is -0.392 e. The van der Waals surface area contributed by atoms with Crippen LogP contribution in [0.1, 0.15) is 43.0 Å². The number of fused-ring (bicyclic) bond motifs is 2. The van der Waals surface area contributed by atoms with Crippen LogP contribution in [0.2, 0.25) is 0 Å². The normalized spacial score (nSPS) is 13.2. The molecule has 0 saturated carbocycles. The Morgan fingerprint density at radius 1 is 0.947 bits per heavy atom. The van der Waals surface area contributed by atoms with E-state index < -0.39 is 0 Å². The van der Waals surface area contributed by atoms with Gasteiger partial charge in [0.05, 0.1) is 6.61 Å². The zero-order valence-electron chi connectivity index (χ0n) is 10.4. The largest absolute Gasteiger partial charge is 0.392 e. The van der Waals surface area contributed by atoms with Crippen molar-refractivity contribution in [1.82, 2.24) is 0 Å². The third-order valence-electron chi connectivity index (χ3n) is 3.42. The van der Waals surface area contributed by atoms with E-state index in [4.69, 9.17) is 0 Å². The lowest BCUT2D eigenvalue weighted by molar-refractivity contribution is 0.0977. The highest BCUT2D eigenvalue weighted by atomic mass is 16.3. The zero-order chi connectivity index (χ0) is 13.6. The van der Waals surface area contributed by atoms with Crippen molar-refractivity contribution in [2.24, 2.45) is 0 Å². The fraction of sp³-hybridized carbons (Fsp3) is 0.125. The minimum atomic E-state index is -0.245. The van der Waals surface area contributed by atoms with Crippen molar-refractivity contribution in [3.05, 3.63) is 69.8 Å². The number of ketones is 2. The molecule has 0 unspecified atom stereocenters. The molecule has 0 atom stereocenters. The first kappa shape index (κ1) is 11.8. The van der Waals surface area contributed by atoms with Gasteiger partial charge in [-0.3, -0.25) is 9.59 Å². The SMILES string of the molecule is Cc1cc(CO)c2c(c1)C(=O)c1ccccc1C2=O. The van der Waals surface area contributed by atoms with E-state index in [1.54, 1.807) is 36.4 Å². The van der Waals surface area contributed by atoms with Crippen LogP contribution in [0.15, 0.2) is 36.4 Å². The molecule has 0 bridgehead atoms. The lowest BCUT2D eigenvalue weighted by Gasteiger charge is -2.20. The summed E-state index contributed by atoms with van der Waals surface area (Å²) >= 11 is 0. The van der Waals surface area contributed by atoms with Crippen molar-refractivity contribution >= 4 is 11.6 Å². The van der Waals surface area contributed by atoms with Gasteiger partial charge in [0.1, 0.15) is 0 Å². The van der Waals surface area contributed by atoms with Crippen LogP contribution in [-0.2, 0) is 6.61 Å². The smallest absolute Gasteiger partial charge is 0.194 e. The molecule has 0 spiro atoms. The molecule has 0 heterocycles. The molecule has 0 saturated heterocycles. The Bertz CT molecular complexity index is 714. The minimum absolute atomic E-state index is 0.149. The first-order valence-electron chi connectivity index (χ1n) is 6.06. The van der Waals surface area contributed by atoms with E-state index >= 15 is 0 Å². The summed E-state index contributed by atoms with van der Waals surface area (Å²) < 4.78 is 0. The van der Waals surface area contributed by atoms with Crippen LogP contribution in [0.3, 0.4) is 0 Å². The van der Waals surface area contributed by atoms with Crippen molar-refractivity contribution in [1.29, 1.82) is 0 Å². The number of carbonyl (C=O) groups excluding carboxylic acids is 2. The lowest BCUT2D eigenvalue weighted by atomic mass is 9.81. The van der Waals surface area contributed by atoms with Crippen molar-refractivity contribution in [2.45, 2.75) is 13.5 Å². The lowest BCUT2D eigenvalue weighted by Crippen LogP contribution is -2.22. The molecule has 2 aromatic carbocycles. The van der Waals surface area contributed by atoms with Crippen LogP contribution in [0.25, 0.3) is 0 Å². The number of aryl methyl sites for hydroxylation is 1. The molecular formula is C16H12O3. The maximum absolute atomic E-state index is 12.5. The predicted molar refractivity (Wildman–Crippen MR) is 70.4 cm³/mol. The topological polar surface area (TPSA) is 54.4 Å². The Balaban J connectivity index is 2.36. The number of aliphatic hydroxyl groups is 1. The van der Waals surface area contributed by atoms with E-state index in [1.165, 1.54) is 0 Å². The predicted octanol–water partition coefficient (Wildman–Crippen LogP) is 2.26. The van der Waals surface area contributed by atoms with Crippen molar-refractivity contribution in [3.8, 4) is 0 Å². The van der Waals surface area contributed by atoms with Gasteiger partial charge < -0.3 is 5.11 Å². The third-order valence-corrected chi connectivity index (χ3v) is 3.42. The standard InChI is InChI=1S/C16H12O3/c1-9-6-10(8-17)14-13(7-9)15(18)11-4-2-3-5-12(11)16(14)19/h2-7,17H,8H2,1H3. The number of carbonyl (C=O) groups is 2. The Morgan fingerprint density at radius 2 is 1.58 bits per heavy atom. The van der Waals surface area contributed by atoms with Crippen LogP contribution in [-0.4, -0.2) is 16.7 Å². The van der Waals surface area contributed by atoms with E-state index in [9.17, 15) is 14.7 Å². The van der Waals surface area contributed by atoms with Gasteiger partial charge in [0.25, 0.3) is 0 Å². The molecule has 2 aromatic rings. The highest BCUT2D eigenvalue weighted by molar-refractivity contribution is 6.28. The van der Waals surface area contributed by atoms with Crippen LogP contribution >= 0.6 is 0 Å². The van der Waals surface area contributed by atoms with Gasteiger partial charge in [0.2, 0.25) is 0 Å². The fourth-order valence-electron chi connectivity index (χ4n) is 2.59. The Labute approximate surface area is 110 Å². The van der Waals surface area contributed by atoms with Gasteiger partial charge in [0.15, 0.2) is 11.6 Å². The van der Waals surface area contributed by atoms with E-state index in [-0.39, 0.29) is 18.2 Å². The summed E-state index contributed by atoms with van der Waals surface area (Å²) in [5.74, 6) is -0.335. The van der Waals surface area contributed by atoms with Gasteiger partial charge in [0, 0.05) is 22.3 Å². The maximum atomic E-state index is 12.5. The molecule has 3 heteroatoms. The third kappa shape index (κ3) is 1.63. The molecule has 1 N–H and O–H groups in total. The van der Waals surface area contributed by atoms with Crippen LogP contribution in [0.5, 0.6) is 0 Å². The highest BCUT2D eigenvalue weighted by Crippen LogP contribution is 2.30. The summed E-state index contributed by atoms with van der Waals surface area (Å²) in [4.78, 5) is 24.9. The molecular weight excluding hydrogens is 240 g/mol. The molecule has 0 fully saturated rings. The van der Waals surface area contributed by atoms with Crippen molar-refractivity contribution < 1.29 is 14.7 Å². The average molecular weight is 252 g/mol. The number of benzene rings is 2. The van der Waals surface area contributed by atoms with Gasteiger partial charge >= 0.3 is 0 Å². The molecule has 1 aliphatic rings. The molecule has 0 amide bonds. The zero-order valence-corrected chi connectivity index (χ0v) is 10.4. The molecule has 94 valence electrons. The molecule has 1 aliphatic carbocycles. The maximum Gasteiger partial charge on any atom is 0.194 e. The van der Waals surface area contributed by atoms with E-state index in [1.807, 2.05) is 6.92 Å². The molecule has 3 nitrogen and oxygen atoms in total. The van der Waals surface area contributed by atoms with Gasteiger partial charge in [-0.25, -0.2) is 0 Å². The van der Waals surface area contributed by atoms with Gasteiger partial charge in [-0.2, -0.15) is 0 Å². The molecule has 0 radical (unpaired) electrons. The second-order valence-electron chi connectivity index (χ2n) is 4.71. The van der Waals surface area contributed by atoms with E-state index in [0.29, 0.717) is 27.8 Å². The highest BCUT2D eigenvalue weighted by Gasteiger charge is 2.31. The summed E-state index contributed by atoms with van der Waals surface area (Å²) in [6.45, 7) is 1.60. The summed E-state index contributed by atoms with van der Waals surface area (Å²) in [7, 11) is 0. The van der Waals surface area contributed by atoms with E-state index in [2.05, 4.69) is 0 Å². The Kier molecular flexibility index (Phi) is 2.57. The Hall–Kier alpha value is -2.26. The summed E-state index contributed by atoms with van der Waals surface area (Å²) in [5.41, 5.74) is 2.98. The fourth-order valence-corrected chi connectivity index (χ4v) is 2.59.